The van der Waals surface area contributed by atoms with Crippen molar-refractivity contribution in [2.75, 3.05) is 0 Å². The van der Waals surface area contributed by atoms with Crippen molar-refractivity contribution in [3.63, 3.8) is 0 Å². The van der Waals surface area contributed by atoms with E-state index in [1.54, 1.807) is 0 Å². The second kappa shape index (κ2) is 7.69. The Hall–Kier alpha value is -3.39. The lowest BCUT2D eigenvalue weighted by atomic mass is 10.1. The van der Waals surface area contributed by atoms with Crippen LogP contribution >= 0.6 is 0 Å². The number of rotatable bonds is 4. The van der Waals surface area contributed by atoms with Crippen LogP contribution in [0.4, 0.5) is 5.69 Å². The van der Waals surface area contributed by atoms with E-state index in [2.05, 4.69) is 104 Å². The van der Waals surface area contributed by atoms with Gasteiger partial charge in [0.1, 0.15) is 0 Å². The summed E-state index contributed by atoms with van der Waals surface area (Å²) < 4.78 is 2.28. The third-order valence-electron chi connectivity index (χ3n) is 5.06. The van der Waals surface area contributed by atoms with E-state index < -0.39 is 0 Å². The van der Waals surface area contributed by atoms with E-state index in [0.29, 0.717) is 0 Å². The maximum Gasteiger partial charge on any atom is 0.0630 e. The first-order chi connectivity index (χ1) is 13.6. The van der Waals surface area contributed by atoms with Gasteiger partial charge in [0, 0.05) is 28.9 Å². The Kier molecular flexibility index (Phi) is 4.94. The second-order valence-electron chi connectivity index (χ2n) is 7.17. The third-order valence-corrected chi connectivity index (χ3v) is 5.06. The van der Waals surface area contributed by atoms with Crippen LogP contribution < -0.4 is 0 Å². The molecule has 0 N–H and O–H groups in total. The average Bonchev–Trinajstić information content (AvgIpc) is 3.01. The number of aryl methyl sites for hydroxylation is 2. The highest BCUT2D eigenvalue weighted by Gasteiger charge is 2.09. The zero-order valence-corrected chi connectivity index (χ0v) is 16.6. The molecule has 28 heavy (non-hydrogen) atoms. The van der Waals surface area contributed by atoms with Crippen LogP contribution in [0.5, 0.6) is 0 Å². The van der Waals surface area contributed by atoms with Crippen LogP contribution in [0.15, 0.2) is 89.9 Å². The predicted molar refractivity (Wildman–Crippen MR) is 119 cm³/mol. The summed E-state index contributed by atoms with van der Waals surface area (Å²) in [4.78, 5) is 4.70. The molecule has 0 bridgehead atoms. The molecule has 2 nitrogen and oxygen atoms in total. The van der Waals surface area contributed by atoms with Crippen LogP contribution in [0.2, 0.25) is 0 Å². The topological polar surface area (TPSA) is 17.3 Å². The summed E-state index contributed by atoms with van der Waals surface area (Å²) in [6, 6.07) is 29.6. The molecular formula is C26H24N2. The highest BCUT2D eigenvalue weighted by atomic mass is 15.0. The zero-order chi connectivity index (χ0) is 19.5. The molecule has 0 amide bonds. The average molecular weight is 364 g/mol. The molecule has 4 aromatic rings. The molecule has 0 aliphatic rings. The summed E-state index contributed by atoms with van der Waals surface area (Å²) >= 11 is 0. The fourth-order valence-electron chi connectivity index (χ4n) is 3.60. The molecule has 2 heteroatoms. The third kappa shape index (κ3) is 3.67. The number of hydrogen-bond acceptors (Lipinski definition) is 1. The Morgan fingerprint density at radius 2 is 1.43 bits per heavy atom. The van der Waals surface area contributed by atoms with E-state index in [1.165, 1.54) is 33.8 Å². The monoisotopic (exact) mass is 364 g/mol. The zero-order valence-electron chi connectivity index (χ0n) is 16.6. The summed E-state index contributed by atoms with van der Waals surface area (Å²) in [7, 11) is 0. The van der Waals surface area contributed by atoms with Gasteiger partial charge in [-0.1, -0.05) is 54.6 Å². The first kappa shape index (κ1) is 18.0. The van der Waals surface area contributed by atoms with Gasteiger partial charge in [-0.25, -0.2) is 0 Å². The summed E-state index contributed by atoms with van der Waals surface area (Å²) in [5.41, 5.74) is 9.40. The molecule has 0 aliphatic heterocycles. The molecule has 0 atom stereocenters. The van der Waals surface area contributed by atoms with E-state index in [0.717, 1.165) is 11.3 Å². The Morgan fingerprint density at radius 1 is 0.714 bits per heavy atom. The minimum absolute atomic E-state index is 0.958. The lowest BCUT2D eigenvalue weighted by Crippen LogP contribution is -1.99. The number of aromatic nitrogens is 1. The summed E-state index contributed by atoms with van der Waals surface area (Å²) in [6.45, 7) is 6.41. The van der Waals surface area contributed by atoms with Gasteiger partial charge in [-0.05, 0) is 67.8 Å². The van der Waals surface area contributed by atoms with Gasteiger partial charge in [0.05, 0.1) is 5.69 Å². The SMILES string of the molecule is Cc1cccc(-n2c(C)cc(C=Nc3ccc(-c4ccccc4)cc3)c2C)c1. The predicted octanol–water partition coefficient (Wildman–Crippen LogP) is 6.82. The van der Waals surface area contributed by atoms with Crippen LogP contribution in [0.25, 0.3) is 16.8 Å². The summed E-state index contributed by atoms with van der Waals surface area (Å²) in [6.07, 6.45) is 1.96. The Labute approximate surface area is 166 Å². The molecule has 0 fully saturated rings. The van der Waals surface area contributed by atoms with Crippen molar-refractivity contribution in [2.45, 2.75) is 20.8 Å². The van der Waals surface area contributed by atoms with Crippen LogP contribution in [-0.4, -0.2) is 10.8 Å². The normalized spacial score (nSPS) is 11.2. The molecule has 0 saturated heterocycles. The molecule has 0 aliphatic carbocycles. The van der Waals surface area contributed by atoms with Crippen molar-refractivity contribution in [3.8, 4) is 16.8 Å². The minimum atomic E-state index is 0.958. The van der Waals surface area contributed by atoms with E-state index in [9.17, 15) is 0 Å². The van der Waals surface area contributed by atoms with Gasteiger partial charge >= 0.3 is 0 Å². The van der Waals surface area contributed by atoms with Crippen LogP contribution in [0.3, 0.4) is 0 Å². The Bertz CT molecular complexity index is 1120. The minimum Gasteiger partial charge on any atom is -0.318 e. The van der Waals surface area contributed by atoms with Crippen LogP contribution in [0, 0.1) is 20.8 Å². The molecular weight excluding hydrogens is 340 g/mol. The fraction of sp³-hybridized carbons (Fsp3) is 0.115. The van der Waals surface area contributed by atoms with Crippen LogP contribution in [0.1, 0.15) is 22.5 Å². The van der Waals surface area contributed by atoms with Crippen LogP contribution in [-0.2, 0) is 0 Å². The quantitative estimate of drug-likeness (QED) is 0.354. The Morgan fingerprint density at radius 3 is 2.14 bits per heavy atom. The van der Waals surface area contributed by atoms with Crippen molar-refractivity contribution < 1.29 is 0 Å². The van der Waals surface area contributed by atoms with Crippen molar-refractivity contribution in [2.24, 2.45) is 4.99 Å². The van der Waals surface area contributed by atoms with Crippen molar-refractivity contribution in [1.29, 1.82) is 0 Å². The van der Waals surface area contributed by atoms with Crippen molar-refractivity contribution >= 4 is 11.9 Å². The van der Waals surface area contributed by atoms with Gasteiger partial charge in [0.15, 0.2) is 0 Å². The van der Waals surface area contributed by atoms with Gasteiger partial charge in [0.25, 0.3) is 0 Å². The van der Waals surface area contributed by atoms with Crippen molar-refractivity contribution in [3.05, 3.63) is 107 Å². The maximum atomic E-state index is 4.70. The fourth-order valence-corrected chi connectivity index (χ4v) is 3.60. The van der Waals surface area contributed by atoms with E-state index >= 15 is 0 Å². The first-order valence-electron chi connectivity index (χ1n) is 9.57. The van der Waals surface area contributed by atoms with Crippen molar-refractivity contribution in [1.82, 2.24) is 4.57 Å². The van der Waals surface area contributed by atoms with Gasteiger partial charge in [0.2, 0.25) is 0 Å². The number of aliphatic imine (C=N–C) groups is 1. The van der Waals surface area contributed by atoms with Gasteiger partial charge < -0.3 is 4.57 Å². The number of nitrogens with zero attached hydrogens (tertiary/aromatic N) is 2. The molecule has 0 unspecified atom stereocenters. The standard InChI is InChI=1S/C26H24N2/c1-19-8-7-11-26(16-19)28-20(2)17-24(21(28)3)18-27-25-14-12-23(13-15-25)22-9-5-4-6-10-22/h4-18H,1-3H3. The van der Waals surface area contributed by atoms with Gasteiger partial charge in [-0.3, -0.25) is 4.99 Å². The highest BCUT2D eigenvalue weighted by molar-refractivity contribution is 5.84. The molecule has 0 radical (unpaired) electrons. The summed E-state index contributed by atoms with van der Waals surface area (Å²) in [5, 5.41) is 0. The molecule has 3 aromatic carbocycles. The summed E-state index contributed by atoms with van der Waals surface area (Å²) in [5.74, 6) is 0. The molecule has 0 saturated carbocycles. The van der Waals surface area contributed by atoms with E-state index in [4.69, 9.17) is 4.99 Å². The highest BCUT2D eigenvalue weighted by Crippen LogP contribution is 2.24. The van der Waals surface area contributed by atoms with E-state index in [-0.39, 0.29) is 0 Å². The smallest absolute Gasteiger partial charge is 0.0630 e. The molecule has 138 valence electrons. The molecule has 0 spiro atoms. The maximum absolute atomic E-state index is 4.70. The lowest BCUT2D eigenvalue weighted by molar-refractivity contribution is 0.963. The number of benzene rings is 3. The van der Waals surface area contributed by atoms with Gasteiger partial charge in [-0.15, -0.1) is 0 Å². The molecule has 4 rings (SSSR count). The lowest BCUT2D eigenvalue weighted by Gasteiger charge is -2.10. The second-order valence-corrected chi connectivity index (χ2v) is 7.17. The molecule has 1 aromatic heterocycles. The molecule has 1 heterocycles. The largest absolute Gasteiger partial charge is 0.318 e. The van der Waals surface area contributed by atoms with Gasteiger partial charge in [-0.2, -0.15) is 0 Å². The first-order valence-corrected chi connectivity index (χ1v) is 9.57. The van der Waals surface area contributed by atoms with E-state index in [1.807, 2.05) is 12.3 Å². The Balaban J connectivity index is 1.59. The number of hydrogen-bond donors (Lipinski definition) is 0.